The maximum atomic E-state index is 3.15. The summed E-state index contributed by atoms with van der Waals surface area (Å²) in [4.78, 5) is 0. The van der Waals surface area contributed by atoms with Crippen molar-refractivity contribution >= 4 is 0 Å². The van der Waals surface area contributed by atoms with Gasteiger partial charge in [-0.15, -0.1) is 0 Å². The Morgan fingerprint density at radius 2 is 2.62 bits per heavy atom. The van der Waals surface area contributed by atoms with Crippen LogP contribution in [0.25, 0.3) is 0 Å². The molecule has 1 atom stereocenters. The van der Waals surface area contributed by atoms with Crippen LogP contribution >= 0.6 is 0 Å². The molecule has 0 aromatic carbocycles. The Kier molecular flexibility index (Phi) is 1.69. The number of nitrogens with one attached hydrogen (secondary N) is 1. The van der Waals surface area contributed by atoms with E-state index in [-0.39, 0.29) is 0 Å². The molecule has 1 rings (SSSR count). The minimum Gasteiger partial charge on any atom is -0.319 e. The van der Waals surface area contributed by atoms with Gasteiger partial charge in [-0.2, -0.15) is 0 Å². The highest BCUT2D eigenvalue weighted by molar-refractivity contribution is 5.22. The van der Waals surface area contributed by atoms with E-state index in [0.717, 1.165) is 5.92 Å². The second-order valence-corrected chi connectivity index (χ2v) is 2.32. The van der Waals surface area contributed by atoms with Crippen LogP contribution in [0.2, 0.25) is 0 Å². The predicted octanol–water partition coefficient (Wildman–Crippen LogP) is 1.17. The normalized spacial score (nSPS) is 31.2. The summed E-state index contributed by atoms with van der Waals surface area (Å²) in [6.45, 7) is 3.28. The molecule has 0 unspecified atom stereocenters. The van der Waals surface area contributed by atoms with Gasteiger partial charge >= 0.3 is 0 Å². The summed E-state index contributed by atoms with van der Waals surface area (Å²) in [5.41, 5.74) is 1.62. The lowest BCUT2D eigenvalue weighted by molar-refractivity contribution is 0.734. The predicted molar refractivity (Wildman–Crippen MR) is 35.8 cm³/mol. The van der Waals surface area contributed by atoms with E-state index in [9.17, 15) is 0 Å². The van der Waals surface area contributed by atoms with Gasteiger partial charge in [0.25, 0.3) is 0 Å². The third-order valence-electron chi connectivity index (χ3n) is 1.67. The highest BCUT2D eigenvalue weighted by atomic mass is 14.8. The summed E-state index contributed by atoms with van der Waals surface area (Å²) >= 11 is 0. The highest BCUT2D eigenvalue weighted by Crippen LogP contribution is 2.36. The number of hydrogen-bond acceptors (Lipinski definition) is 1. The van der Waals surface area contributed by atoms with Gasteiger partial charge in [-0.05, 0) is 26.3 Å². The summed E-state index contributed by atoms with van der Waals surface area (Å²) in [5.74, 6) is 0.880. The average Bonchev–Trinajstić information content (AvgIpc) is 2.48. The molecule has 0 heterocycles. The van der Waals surface area contributed by atoms with E-state index in [2.05, 4.69) is 18.3 Å². The lowest BCUT2D eigenvalue weighted by Crippen LogP contribution is -2.08. The molecule has 0 aliphatic heterocycles. The minimum absolute atomic E-state index is 0.880. The molecule has 0 aromatic heterocycles. The van der Waals surface area contributed by atoms with Crippen LogP contribution in [0.4, 0.5) is 0 Å². The molecule has 0 bridgehead atoms. The zero-order valence-corrected chi connectivity index (χ0v) is 5.57. The quantitative estimate of drug-likeness (QED) is 0.527. The average molecular weight is 111 g/mol. The van der Waals surface area contributed by atoms with E-state index in [1.165, 1.54) is 13.0 Å². The van der Waals surface area contributed by atoms with Crippen molar-refractivity contribution in [2.24, 2.45) is 5.92 Å². The molecule has 1 nitrogen and oxygen atoms in total. The fraction of sp³-hybridized carbons (Fsp3) is 0.714. The van der Waals surface area contributed by atoms with Crippen molar-refractivity contribution < 1.29 is 0 Å². The van der Waals surface area contributed by atoms with Crippen molar-refractivity contribution in [2.45, 2.75) is 13.3 Å². The second-order valence-electron chi connectivity index (χ2n) is 2.32. The summed E-state index contributed by atoms with van der Waals surface area (Å²) in [6.07, 6.45) is 3.55. The van der Waals surface area contributed by atoms with Gasteiger partial charge in [0.2, 0.25) is 0 Å². The maximum Gasteiger partial charge on any atom is 0.00169 e. The molecule has 0 saturated heterocycles. The van der Waals surface area contributed by atoms with Crippen molar-refractivity contribution in [3.8, 4) is 0 Å². The number of rotatable bonds is 2. The zero-order valence-electron chi connectivity index (χ0n) is 5.57. The minimum atomic E-state index is 0.880. The third-order valence-corrected chi connectivity index (χ3v) is 1.67. The van der Waals surface area contributed by atoms with Crippen molar-refractivity contribution in [1.82, 2.24) is 5.32 Å². The van der Waals surface area contributed by atoms with Gasteiger partial charge in [-0.3, -0.25) is 0 Å². The van der Waals surface area contributed by atoms with E-state index in [4.69, 9.17) is 0 Å². The standard InChI is InChI=1S/C7H13N/c1-3-6-4-7(6)5-8-2/h3,7-8H,4-5H2,1-2H3/b6-3-/t7-/m0/s1. The zero-order chi connectivity index (χ0) is 5.98. The van der Waals surface area contributed by atoms with Crippen LogP contribution in [0.5, 0.6) is 0 Å². The Hall–Kier alpha value is -0.300. The van der Waals surface area contributed by atoms with Crippen molar-refractivity contribution in [2.75, 3.05) is 13.6 Å². The molecule has 1 fully saturated rings. The fourth-order valence-electron chi connectivity index (χ4n) is 1.03. The monoisotopic (exact) mass is 111 g/mol. The molecule has 46 valence electrons. The van der Waals surface area contributed by atoms with Crippen molar-refractivity contribution in [3.05, 3.63) is 11.6 Å². The van der Waals surface area contributed by atoms with E-state index < -0.39 is 0 Å². The molecule has 0 spiro atoms. The first-order chi connectivity index (χ1) is 3.88. The van der Waals surface area contributed by atoms with E-state index in [1.54, 1.807) is 5.57 Å². The lowest BCUT2D eigenvalue weighted by atomic mass is 10.4. The molecule has 1 N–H and O–H groups in total. The second kappa shape index (κ2) is 2.31. The maximum absolute atomic E-state index is 3.15. The van der Waals surface area contributed by atoms with Gasteiger partial charge in [0.05, 0.1) is 0 Å². The van der Waals surface area contributed by atoms with Crippen molar-refractivity contribution in [1.29, 1.82) is 0 Å². The van der Waals surface area contributed by atoms with Crippen LogP contribution in [0, 0.1) is 5.92 Å². The van der Waals surface area contributed by atoms with Gasteiger partial charge in [-0.25, -0.2) is 0 Å². The number of hydrogen-bond donors (Lipinski definition) is 1. The van der Waals surface area contributed by atoms with Crippen molar-refractivity contribution in [3.63, 3.8) is 0 Å². The first-order valence-corrected chi connectivity index (χ1v) is 3.18. The molecule has 0 amide bonds. The summed E-state index contributed by atoms with van der Waals surface area (Å²) in [7, 11) is 2.01. The molecule has 8 heavy (non-hydrogen) atoms. The first kappa shape index (κ1) is 5.83. The Morgan fingerprint density at radius 3 is 3.00 bits per heavy atom. The molecule has 0 aromatic rings. The van der Waals surface area contributed by atoms with E-state index in [0.29, 0.717) is 0 Å². The topological polar surface area (TPSA) is 12.0 Å². The Bertz CT molecular complexity index is 105. The van der Waals surface area contributed by atoms with Gasteiger partial charge in [0.1, 0.15) is 0 Å². The lowest BCUT2D eigenvalue weighted by Gasteiger charge is -1.88. The van der Waals surface area contributed by atoms with Gasteiger partial charge in [0, 0.05) is 6.54 Å². The smallest absolute Gasteiger partial charge is 0.00169 e. The van der Waals surface area contributed by atoms with E-state index >= 15 is 0 Å². The molecular weight excluding hydrogens is 98.1 g/mol. The SMILES string of the molecule is C/C=C1/C[C@H]1CNC. The third kappa shape index (κ3) is 1.10. The number of allylic oxidation sites excluding steroid dienone is 1. The summed E-state index contributed by atoms with van der Waals surface area (Å²) in [5, 5.41) is 3.15. The summed E-state index contributed by atoms with van der Waals surface area (Å²) < 4.78 is 0. The Labute approximate surface area is 50.8 Å². The van der Waals surface area contributed by atoms with Gasteiger partial charge in [0.15, 0.2) is 0 Å². The highest BCUT2D eigenvalue weighted by Gasteiger charge is 2.26. The van der Waals surface area contributed by atoms with Gasteiger partial charge < -0.3 is 5.32 Å². The van der Waals surface area contributed by atoms with Crippen LogP contribution in [-0.2, 0) is 0 Å². The summed E-state index contributed by atoms with van der Waals surface area (Å²) in [6, 6.07) is 0. The molecule has 1 aliphatic rings. The molecular formula is C7H13N. The van der Waals surface area contributed by atoms with Crippen LogP contribution in [-0.4, -0.2) is 13.6 Å². The van der Waals surface area contributed by atoms with E-state index in [1.807, 2.05) is 7.05 Å². The Balaban J connectivity index is 2.17. The fourth-order valence-corrected chi connectivity index (χ4v) is 1.03. The van der Waals surface area contributed by atoms with Gasteiger partial charge in [-0.1, -0.05) is 11.6 Å². The largest absolute Gasteiger partial charge is 0.319 e. The van der Waals surface area contributed by atoms with Crippen LogP contribution < -0.4 is 5.32 Å². The first-order valence-electron chi connectivity index (χ1n) is 3.18. The van der Waals surface area contributed by atoms with Crippen LogP contribution in [0.1, 0.15) is 13.3 Å². The Morgan fingerprint density at radius 1 is 1.88 bits per heavy atom. The molecule has 1 aliphatic carbocycles. The van der Waals surface area contributed by atoms with Crippen LogP contribution in [0.15, 0.2) is 11.6 Å². The van der Waals surface area contributed by atoms with Crippen LogP contribution in [0.3, 0.4) is 0 Å². The molecule has 0 radical (unpaired) electrons. The molecule has 1 saturated carbocycles. The molecule has 1 heteroatoms.